The molecule has 0 aliphatic rings. The minimum absolute atomic E-state index is 0.0919. The molecule has 1 amide bonds. The predicted molar refractivity (Wildman–Crippen MR) is 107 cm³/mol. The number of anilines is 1. The Morgan fingerprint density at radius 1 is 1.15 bits per heavy atom. The number of nitrogens with zero attached hydrogens (tertiary/aromatic N) is 3. The van der Waals surface area contributed by atoms with Gasteiger partial charge in [-0.3, -0.25) is 4.79 Å². The van der Waals surface area contributed by atoms with Gasteiger partial charge >= 0.3 is 0 Å². The fraction of sp³-hybridized carbons (Fsp3) is 0.211. The van der Waals surface area contributed by atoms with E-state index in [1.807, 2.05) is 54.0 Å². The number of amides is 1. The Kier molecular flexibility index (Phi) is 6.73. The Bertz CT molecular complexity index is 902. The summed E-state index contributed by atoms with van der Waals surface area (Å²) in [4.78, 5) is 12.1. The molecule has 3 aromatic rings. The Labute approximate surface area is 166 Å². The number of nitrogens with one attached hydrogen (secondary N) is 1. The van der Waals surface area contributed by atoms with Gasteiger partial charge in [0, 0.05) is 12.2 Å². The molecule has 6 nitrogen and oxygen atoms in total. The first-order valence-corrected chi connectivity index (χ1v) is 9.81. The number of carbonyl (C=O) groups excluding carboxylic acids is 1. The summed E-state index contributed by atoms with van der Waals surface area (Å²) in [6.07, 6.45) is 0. The van der Waals surface area contributed by atoms with Crippen molar-refractivity contribution in [3.63, 3.8) is 0 Å². The van der Waals surface area contributed by atoms with Crippen LogP contribution in [-0.2, 0) is 17.9 Å². The van der Waals surface area contributed by atoms with Crippen LogP contribution in [0, 0.1) is 0 Å². The first-order chi connectivity index (χ1) is 13.2. The molecule has 0 radical (unpaired) electrons. The molecule has 0 saturated carbocycles. The van der Waals surface area contributed by atoms with E-state index in [1.165, 1.54) is 11.8 Å². The molecule has 0 bridgehead atoms. The van der Waals surface area contributed by atoms with Gasteiger partial charge in [0.1, 0.15) is 12.4 Å². The van der Waals surface area contributed by atoms with Gasteiger partial charge in [-0.25, -0.2) is 0 Å². The summed E-state index contributed by atoms with van der Waals surface area (Å²) in [5.41, 5.74) is 0.772. The van der Waals surface area contributed by atoms with Crippen LogP contribution >= 0.6 is 23.4 Å². The van der Waals surface area contributed by atoms with E-state index in [4.69, 9.17) is 16.3 Å². The third kappa shape index (κ3) is 5.24. The summed E-state index contributed by atoms with van der Waals surface area (Å²) in [6.45, 7) is 2.93. The van der Waals surface area contributed by atoms with Crippen molar-refractivity contribution in [2.24, 2.45) is 0 Å². The second-order valence-corrected chi connectivity index (χ2v) is 6.91. The maximum absolute atomic E-state index is 12.1. The maximum atomic E-state index is 12.1. The molecule has 1 heterocycles. The number of thioether (sulfide) groups is 1. The van der Waals surface area contributed by atoms with Gasteiger partial charge in [0.05, 0.1) is 10.8 Å². The van der Waals surface area contributed by atoms with Crippen molar-refractivity contribution in [1.29, 1.82) is 0 Å². The maximum Gasteiger partial charge on any atom is 0.234 e. The van der Waals surface area contributed by atoms with Crippen molar-refractivity contribution < 1.29 is 9.53 Å². The molecule has 2 aromatic carbocycles. The third-order valence-electron chi connectivity index (χ3n) is 3.69. The number of carbonyl (C=O) groups is 1. The summed E-state index contributed by atoms with van der Waals surface area (Å²) in [6, 6.07) is 16.6. The number of halogens is 1. The van der Waals surface area contributed by atoms with Gasteiger partial charge < -0.3 is 14.6 Å². The zero-order valence-corrected chi connectivity index (χ0v) is 16.3. The van der Waals surface area contributed by atoms with Gasteiger partial charge in [-0.2, -0.15) is 0 Å². The summed E-state index contributed by atoms with van der Waals surface area (Å²) >= 11 is 7.44. The average Bonchev–Trinajstić information content (AvgIpc) is 3.08. The number of rotatable bonds is 8. The summed E-state index contributed by atoms with van der Waals surface area (Å²) in [5.74, 6) is 1.44. The van der Waals surface area contributed by atoms with Crippen molar-refractivity contribution in [3.05, 3.63) is 65.4 Å². The highest BCUT2D eigenvalue weighted by Gasteiger charge is 2.14. The fourth-order valence-electron chi connectivity index (χ4n) is 2.40. The quantitative estimate of drug-likeness (QED) is 0.570. The molecule has 0 spiro atoms. The summed E-state index contributed by atoms with van der Waals surface area (Å²) in [7, 11) is 0. The highest BCUT2D eigenvalue weighted by molar-refractivity contribution is 7.99. The predicted octanol–water partition coefficient (Wildman–Crippen LogP) is 4.26. The largest absolute Gasteiger partial charge is 0.484 e. The third-order valence-corrected chi connectivity index (χ3v) is 4.97. The Morgan fingerprint density at radius 3 is 2.63 bits per heavy atom. The van der Waals surface area contributed by atoms with Gasteiger partial charge in [0.15, 0.2) is 11.0 Å². The highest BCUT2D eigenvalue weighted by atomic mass is 35.5. The van der Waals surface area contributed by atoms with Crippen LogP contribution in [0.4, 0.5) is 5.69 Å². The minimum Gasteiger partial charge on any atom is -0.484 e. The van der Waals surface area contributed by atoms with E-state index in [0.717, 1.165) is 5.69 Å². The summed E-state index contributed by atoms with van der Waals surface area (Å²) in [5, 5.41) is 12.4. The van der Waals surface area contributed by atoms with E-state index in [2.05, 4.69) is 15.5 Å². The number of ether oxygens (including phenoxy) is 1. The van der Waals surface area contributed by atoms with Crippen LogP contribution in [-0.4, -0.2) is 26.4 Å². The lowest BCUT2D eigenvalue weighted by Gasteiger charge is -2.10. The molecular weight excluding hydrogens is 384 g/mol. The second-order valence-electron chi connectivity index (χ2n) is 5.57. The van der Waals surface area contributed by atoms with Crippen molar-refractivity contribution in [2.75, 3.05) is 11.1 Å². The monoisotopic (exact) mass is 402 g/mol. The average molecular weight is 403 g/mol. The molecule has 0 fully saturated rings. The Morgan fingerprint density at radius 2 is 1.89 bits per heavy atom. The van der Waals surface area contributed by atoms with E-state index in [0.29, 0.717) is 28.3 Å². The van der Waals surface area contributed by atoms with Crippen LogP contribution in [0.3, 0.4) is 0 Å². The molecule has 3 rings (SSSR count). The Hall–Kier alpha value is -2.51. The minimum atomic E-state index is -0.0919. The van der Waals surface area contributed by atoms with Crippen LogP contribution in [0.25, 0.3) is 0 Å². The van der Waals surface area contributed by atoms with Gasteiger partial charge in [-0.05, 0) is 31.2 Å². The molecular formula is C19H19ClN4O2S. The lowest BCUT2D eigenvalue weighted by atomic mass is 10.3. The van der Waals surface area contributed by atoms with E-state index >= 15 is 0 Å². The van der Waals surface area contributed by atoms with Gasteiger partial charge in [0.25, 0.3) is 0 Å². The lowest BCUT2D eigenvalue weighted by Crippen LogP contribution is -2.14. The molecule has 0 aliphatic heterocycles. The smallest absolute Gasteiger partial charge is 0.234 e. The molecule has 0 atom stereocenters. The van der Waals surface area contributed by atoms with E-state index in [9.17, 15) is 4.79 Å². The van der Waals surface area contributed by atoms with Crippen LogP contribution in [0.15, 0.2) is 59.8 Å². The van der Waals surface area contributed by atoms with Crippen molar-refractivity contribution in [2.45, 2.75) is 25.2 Å². The first-order valence-electron chi connectivity index (χ1n) is 8.44. The molecule has 0 saturated heterocycles. The van der Waals surface area contributed by atoms with Gasteiger partial charge in [0.2, 0.25) is 5.91 Å². The molecule has 1 aromatic heterocycles. The number of hydrogen-bond donors (Lipinski definition) is 1. The number of hydrogen-bond acceptors (Lipinski definition) is 5. The van der Waals surface area contributed by atoms with Crippen molar-refractivity contribution >= 4 is 35.0 Å². The molecule has 27 heavy (non-hydrogen) atoms. The topological polar surface area (TPSA) is 69.0 Å². The van der Waals surface area contributed by atoms with Crippen LogP contribution in [0.1, 0.15) is 12.7 Å². The summed E-state index contributed by atoms with van der Waals surface area (Å²) < 4.78 is 7.67. The van der Waals surface area contributed by atoms with Crippen molar-refractivity contribution in [3.8, 4) is 5.75 Å². The van der Waals surface area contributed by atoms with Crippen LogP contribution in [0.2, 0.25) is 5.02 Å². The molecule has 0 unspecified atom stereocenters. The van der Waals surface area contributed by atoms with Gasteiger partial charge in [-0.1, -0.05) is 53.7 Å². The zero-order valence-electron chi connectivity index (χ0n) is 14.8. The molecule has 8 heteroatoms. The van der Waals surface area contributed by atoms with Crippen molar-refractivity contribution in [1.82, 2.24) is 14.8 Å². The fourth-order valence-corrected chi connectivity index (χ4v) is 3.41. The van der Waals surface area contributed by atoms with E-state index < -0.39 is 0 Å². The first kappa shape index (κ1) is 19.3. The van der Waals surface area contributed by atoms with Crippen LogP contribution in [0.5, 0.6) is 5.75 Å². The molecule has 0 aliphatic carbocycles. The second kappa shape index (κ2) is 9.43. The molecule has 140 valence electrons. The standard InChI is InChI=1S/C19H19ClN4O2S/c1-2-24-17(12-26-16-11-7-6-10-15(16)20)22-23-19(24)27-13-18(25)21-14-8-4-3-5-9-14/h3-11H,2,12-13H2,1H3,(H,21,25). The highest BCUT2D eigenvalue weighted by Crippen LogP contribution is 2.24. The Balaban J connectivity index is 1.58. The lowest BCUT2D eigenvalue weighted by molar-refractivity contribution is -0.113. The van der Waals surface area contributed by atoms with E-state index in [-0.39, 0.29) is 18.3 Å². The van der Waals surface area contributed by atoms with Crippen LogP contribution < -0.4 is 10.1 Å². The SMILES string of the molecule is CCn1c(COc2ccccc2Cl)nnc1SCC(=O)Nc1ccccc1. The zero-order chi connectivity index (χ0) is 19.1. The number of aromatic nitrogens is 3. The molecule has 1 N–H and O–H groups in total. The van der Waals surface area contributed by atoms with Gasteiger partial charge in [-0.15, -0.1) is 10.2 Å². The number of benzene rings is 2. The normalized spacial score (nSPS) is 10.6. The number of para-hydroxylation sites is 2. The van der Waals surface area contributed by atoms with E-state index in [1.54, 1.807) is 12.1 Å².